The molecule has 3 aromatic rings. The Balaban J connectivity index is 1.95. The Morgan fingerprint density at radius 1 is 1.11 bits per heavy atom. The van der Waals surface area contributed by atoms with E-state index >= 15 is 0 Å². The molecule has 0 aliphatic heterocycles. The highest BCUT2D eigenvalue weighted by Crippen LogP contribution is 2.33. The number of fused-ring (bicyclic) bond motifs is 1. The van der Waals surface area contributed by atoms with Gasteiger partial charge in [-0.2, -0.15) is 0 Å². The molecule has 3 rings (SSSR count). The van der Waals surface area contributed by atoms with Crippen LogP contribution in [0.25, 0.3) is 10.2 Å². The molecule has 0 aliphatic rings. The molecule has 2 aromatic carbocycles. The molecule has 0 radical (unpaired) electrons. The van der Waals surface area contributed by atoms with Crippen LogP contribution in [0.4, 0.5) is 5.13 Å². The number of carbonyl (C=O) groups excluding carboxylic acids is 1. The Kier molecular flexibility index (Phi) is 6.75. The predicted octanol–water partition coefficient (Wildman–Crippen LogP) is 5.23. The van der Waals surface area contributed by atoms with Crippen LogP contribution in [0.5, 0.6) is 0 Å². The Hall–Kier alpha value is -1.89. The van der Waals surface area contributed by atoms with Crippen molar-refractivity contribution in [2.75, 3.05) is 38.3 Å². The van der Waals surface area contributed by atoms with Crippen LogP contribution in [0.2, 0.25) is 0 Å². The lowest BCUT2D eigenvalue weighted by atomic mass is 10.1. The summed E-state index contributed by atoms with van der Waals surface area (Å²) in [5.41, 5.74) is 4.08. The van der Waals surface area contributed by atoms with E-state index in [4.69, 9.17) is 4.98 Å². The lowest BCUT2D eigenvalue weighted by molar-refractivity contribution is 0.0986. The molecule has 0 atom stereocenters. The molecule has 0 fully saturated rings. The molecule has 0 unspecified atom stereocenters. The summed E-state index contributed by atoms with van der Waals surface area (Å²) >= 11 is 3.28. The lowest BCUT2D eigenvalue weighted by Crippen LogP contribution is -2.33. The zero-order valence-corrected chi connectivity index (χ0v) is 18.8. The highest BCUT2D eigenvalue weighted by atomic mass is 32.2. The number of thioether (sulfide) groups is 1. The number of anilines is 1. The van der Waals surface area contributed by atoms with Crippen molar-refractivity contribution in [3.8, 4) is 0 Å². The monoisotopic (exact) mass is 413 g/mol. The first-order valence-corrected chi connectivity index (χ1v) is 11.4. The van der Waals surface area contributed by atoms with E-state index in [0.717, 1.165) is 33.2 Å². The number of hydrogen-bond donors (Lipinski definition) is 0. The minimum Gasteiger partial charge on any atom is -0.309 e. The maximum atomic E-state index is 13.3. The molecule has 4 nitrogen and oxygen atoms in total. The maximum Gasteiger partial charge on any atom is 0.260 e. The summed E-state index contributed by atoms with van der Waals surface area (Å²) in [5.74, 6) is 0.0137. The van der Waals surface area contributed by atoms with Gasteiger partial charge in [-0.15, -0.1) is 11.8 Å². The summed E-state index contributed by atoms with van der Waals surface area (Å²) in [4.78, 5) is 23.3. The molecule has 1 heterocycles. The largest absolute Gasteiger partial charge is 0.309 e. The average Bonchev–Trinajstić information content (AvgIpc) is 3.08. The molecule has 0 aliphatic carbocycles. The van der Waals surface area contributed by atoms with Crippen molar-refractivity contribution in [2.45, 2.75) is 25.2 Å². The number of carbonyl (C=O) groups is 1. The van der Waals surface area contributed by atoms with Crippen LogP contribution in [0, 0.1) is 13.8 Å². The van der Waals surface area contributed by atoms with Gasteiger partial charge in [0.25, 0.3) is 5.91 Å². The van der Waals surface area contributed by atoms with Gasteiger partial charge in [-0.05, 0) is 88.6 Å². The topological polar surface area (TPSA) is 36.4 Å². The summed E-state index contributed by atoms with van der Waals surface area (Å²) in [5, 5.41) is 0.779. The molecular weight excluding hydrogens is 386 g/mol. The number of thiazole rings is 1. The highest BCUT2D eigenvalue weighted by Gasteiger charge is 2.21. The van der Waals surface area contributed by atoms with Gasteiger partial charge in [0.1, 0.15) is 0 Å². The molecule has 1 aromatic heterocycles. The smallest absolute Gasteiger partial charge is 0.260 e. The molecule has 1 amide bonds. The highest BCUT2D eigenvalue weighted by molar-refractivity contribution is 7.98. The van der Waals surface area contributed by atoms with Crippen LogP contribution in [0.1, 0.15) is 27.9 Å². The maximum absolute atomic E-state index is 13.3. The first-order chi connectivity index (χ1) is 13.4. The van der Waals surface area contributed by atoms with Crippen LogP contribution < -0.4 is 4.90 Å². The fourth-order valence-electron chi connectivity index (χ4n) is 3.20. The van der Waals surface area contributed by atoms with Gasteiger partial charge in [0.05, 0.1) is 10.2 Å². The summed E-state index contributed by atoms with van der Waals surface area (Å²) in [6, 6.07) is 12.1. The van der Waals surface area contributed by atoms with E-state index in [-0.39, 0.29) is 5.91 Å². The summed E-state index contributed by atoms with van der Waals surface area (Å²) < 4.78 is 1.16. The molecule has 0 saturated carbocycles. The van der Waals surface area contributed by atoms with Gasteiger partial charge in [0.2, 0.25) is 0 Å². The number of aryl methyl sites for hydroxylation is 2. The molecule has 0 N–H and O–H groups in total. The van der Waals surface area contributed by atoms with Gasteiger partial charge in [-0.1, -0.05) is 17.4 Å². The summed E-state index contributed by atoms with van der Waals surface area (Å²) in [6.45, 7) is 5.77. The Morgan fingerprint density at radius 2 is 1.82 bits per heavy atom. The molecule has 148 valence electrons. The SMILES string of the molecule is CSc1ccc(C(=O)N(CCCN(C)C)c2nc3cc(C)cc(C)c3s2)cc1. The molecule has 6 heteroatoms. The second-order valence-corrected chi connectivity index (χ2v) is 9.13. The average molecular weight is 414 g/mol. The quantitative estimate of drug-likeness (QED) is 0.497. The van der Waals surface area contributed by atoms with Crippen molar-refractivity contribution in [2.24, 2.45) is 0 Å². The standard InChI is InChI=1S/C22H27N3OS2/c1-15-13-16(2)20-19(14-15)23-22(28-20)25(12-6-11-24(3)4)21(26)17-7-9-18(27-5)10-8-17/h7-10,13-14H,6,11-12H2,1-5H3. The first-order valence-electron chi connectivity index (χ1n) is 9.37. The zero-order valence-electron chi connectivity index (χ0n) is 17.2. The molecular formula is C22H27N3OS2. The number of benzene rings is 2. The van der Waals surface area contributed by atoms with Crippen LogP contribution in [-0.2, 0) is 0 Å². The van der Waals surface area contributed by atoms with Crippen molar-refractivity contribution in [1.82, 2.24) is 9.88 Å². The van der Waals surface area contributed by atoms with E-state index < -0.39 is 0 Å². The van der Waals surface area contributed by atoms with Crippen LogP contribution >= 0.6 is 23.1 Å². The van der Waals surface area contributed by atoms with E-state index in [1.807, 2.05) is 35.4 Å². The summed E-state index contributed by atoms with van der Waals surface area (Å²) in [7, 11) is 4.11. The summed E-state index contributed by atoms with van der Waals surface area (Å²) in [6.07, 6.45) is 2.94. The van der Waals surface area contributed by atoms with Crippen molar-refractivity contribution >= 4 is 44.4 Å². The predicted molar refractivity (Wildman–Crippen MR) is 122 cm³/mol. The van der Waals surface area contributed by atoms with Gasteiger partial charge < -0.3 is 4.90 Å². The van der Waals surface area contributed by atoms with E-state index in [0.29, 0.717) is 12.1 Å². The first kappa shape index (κ1) is 20.8. The van der Waals surface area contributed by atoms with Gasteiger partial charge in [-0.3, -0.25) is 9.69 Å². The third-order valence-corrected chi connectivity index (χ3v) is 6.58. The van der Waals surface area contributed by atoms with Gasteiger partial charge >= 0.3 is 0 Å². The number of rotatable bonds is 7. The minimum absolute atomic E-state index is 0.0137. The van der Waals surface area contributed by atoms with Gasteiger partial charge in [0.15, 0.2) is 5.13 Å². The third-order valence-electron chi connectivity index (χ3n) is 4.61. The van der Waals surface area contributed by atoms with Crippen LogP contribution in [0.15, 0.2) is 41.3 Å². The Bertz CT molecular complexity index is 964. The van der Waals surface area contributed by atoms with Gasteiger partial charge in [-0.25, -0.2) is 4.98 Å². The van der Waals surface area contributed by atoms with Crippen molar-refractivity contribution in [3.05, 3.63) is 53.1 Å². The molecule has 0 saturated heterocycles. The molecule has 28 heavy (non-hydrogen) atoms. The van der Waals surface area contributed by atoms with E-state index in [2.05, 4.69) is 45.0 Å². The molecule has 0 bridgehead atoms. The van der Waals surface area contributed by atoms with E-state index in [9.17, 15) is 4.79 Å². The van der Waals surface area contributed by atoms with E-state index in [1.165, 1.54) is 11.1 Å². The third kappa shape index (κ3) is 4.74. The fraction of sp³-hybridized carbons (Fsp3) is 0.364. The van der Waals surface area contributed by atoms with Crippen LogP contribution in [0.3, 0.4) is 0 Å². The normalized spacial score (nSPS) is 11.4. The van der Waals surface area contributed by atoms with Crippen molar-refractivity contribution < 1.29 is 4.79 Å². The Labute approximate surface area is 175 Å². The fourth-order valence-corrected chi connectivity index (χ4v) is 4.65. The second kappa shape index (κ2) is 9.07. The number of nitrogens with zero attached hydrogens (tertiary/aromatic N) is 3. The Morgan fingerprint density at radius 3 is 2.46 bits per heavy atom. The van der Waals surface area contributed by atoms with Crippen molar-refractivity contribution in [3.63, 3.8) is 0 Å². The van der Waals surface area contributed by atoms with Crippen molar-refractivity contribution in [1.29, 1.82) is 0 Å². The minimum atomic E-state index is 0.0137. The number of aromatic nitrogens is 1. The zero-order chi connectivity index (χ0) is 20.3. The van der Waals surface area contributed by atoms with Gasteiger partial charge in [0, 0.05) is 17.0 Å². The lowest BCUT2D eigenvalue weighted by Gasteiger charge is -2.21. The number of hydrogen-bond acceptors (Lipinski definition) is 5. The second-order valence-electron chi connectivity index (χ2n) is 7.27. The molecule has 0 spiro atoms. The number of amides is 1. The van der Waals surface area contributed by atoms with E-state index in [1.54, 1.807) is 23.1 Å². The van der Waals surface area contributed by atoms with Crippen LogP contribution in [-0.4, -0.2) is 49.2 Å².